The molecule has 2 heterocycles. The average Bonchev–Trinajstić information content (AvgIpc) is 3.36. The minimum atomic E-state index is -3.76. The number of aryl methyl sites for hydroxylation is 2. The summed E-state index contributed by atoms with van der Waals surface area (Å²) in [5.41, 5.74) is 4.10. The van der Waals surface area contributed by atoms with Gasteiger partial charge in [-0.1, -0.05) is 6.07 Å². The first-order valence-corrected chi connectivity index (χ1v) is 12.8. The van der Waals surface area contributed by atoms with E-state index in [0.29, 0.717) is 13.1 Å². The summed E-state index contributed by atoms with van der Waals surface area (Å²) in [6.45, 7) is 5.20. The number of H-pyrrole nitrogens is 1. The predicted octanol–water partition coefficient (Wildman–Crippen LogP) is 3.05. The van der Waals surface area contributed by atoms with Crippen LogP contribution in [-0.4, -0.2) is 39.2 Å². The average molecular weight is 448 g/mol. The number of aromatic nitrogens is 1. The van der Waals surface area contributed by atoms with Gasteiger partial charge in [0.15, 0.2) is 0 Å². The first-order chi connectivity index (χ1) is 14.2. The van der Waals surface area contributed by atoms with Crippen LogP contribution < -0.4 is 4.72 Å². The summed E-state index contributed by atoms with van der Waals surface area (Å²) in [5, 5.41) is 1.07. The van der Waals surface area contributed by atoms with Crippen LogP contribution in [0.15, 0.2) is 52.3 Å². The molecule has 0 aliphatic carbocycles. The van der Waals surface area contributed by atoms with Gasteiger partial charge in [-0.05, 0) is 74.2 Å². The van der Waals surface area contributed by atoms with Crippen LogP contribution in [0.5, 0.6) is 0 Å². The van der Waals surface area contributed by atoms with Crippen molar-refractivity contribution in [3.8, 4) is 0 Å². The van der Waals surface area contributed by atoms with E-state index in [-0.39, 0.29) is 16.3 Å². The van der Waals surface area contributed by atoms with Gasteiger partial charge < -0.3 is 4.98 Å². The highest BCUT2D eigenvalue weighted by atomic mass is 32.2. The molecular formula is C21H25N3O4S2. The second kappa shape index (κ2) is 7.81. The number of nitrogens with one attached hydrogen (secondary N) is 2. The lowest BCUT2D eigenvalue weighted by molar-refractivity contribution is 0.477. The Morgan fingerprint density at radius 2 is 1.57 bits per heavy atom. The molecular weight excluding hydrogens is 422 g/mol. The molecule has 9 heteroatoms. The molecule has 0 atom stereocenters. The molecule has 2 N–H and O–H groups in total. The molecule has 4 rings (SSSR count). The van der Waals surface area contributed by atoms with Crippen molar-refractivity contribution in [1.82, 2.24) is 14.0 Å². The Bertz CT molecular complexity index is 1290. The van der Waals surface area contributed by atoms with E-state index in [1.165, 1.54) is 28.6 Å². The Morgan fingerprint density at radius 3 is 2.23 bits per heavy atom. The summed E-state index contributed by atoms with van der Waals surface area (Å²) in [7, 11) is -7.33. The van der Waals surface area contributed by atoms with Crippen LogP contribution in [-0.2, 0) is 26.6 Å². The number of hydrogen-bond acceptors (Lipinski definition) is 4. The SMILES string of the molecule is Cc1[nH]c2ccc(CNS(=O)(=O)c3ccc(S(=O)(=O)N4CCCC4)cc3)cc2c1C. The van der Waals surface area contributed by atoms with Gasteiger partial charge in [-0.2, -0.15) is 4.31 Å². The summed E-state index contributed by atoms with van der Waals surface area (Å²) in [6.07, 6.45) is 1.70. The molecule has 2 aromatic carbocycles. The van der Waals surface area contributed by atoms with Crippen LogP contribution in [0.4, 0.5) is 0 Å². The van der Waals surface area contributed by atoms with E-state index in [1.807, 2.05) is 32.0 Å². The van der Waals surface area contributed by atoms with Crippen LogP contribution in [0.1, 0.15) is 29.7 Å². The fourth-order valence-electron chi connectivity index (χ4n) is 3.75. The maximum absolute atomic E-state index is 12.7. The zero-order chi connectivity index (χ0) is 21.5. The lowest BCUT2D eigenvalue weighted by Gasteiger charge is -2.15. The highest BCUT2D eigenvalue weighted by Gasteiger charge is 2.27. The topological polar surface area (TPSA) is 99.3 Å². The van der Waals surface area contributed by atoms with Crippen LogP contribution in [0, 0.1) is 13.8 Å². The second-order valence-corrected chi connectivity index (χ2v) is 11.4. The molecule has 160 valence electrons. The molecule has 1 aromatic heterocycles. The Labute approximate surface area is 177 Å². The molecule has 1 aliphatic heterocycles. The lowest BCUT2D eigenvalue weighted by atomic mass is 10.1. The van der Waals surface area contributed by atoms with E-state index in [2.05, 4.69) is 9.71 Å². The third-order valence-corrected chi connectivity index (χ3v) is 9.01. The number of sulfonamides is 2. The number of aromatic amines is 1. The van der Waals surface area contributed by atoms with Gasteiger partial charge in [-0.15, -0.1) is 0 Å². The predicted molar refractivity (Wildman–Crippen MR) is 116 cm³/mol. The normalized spacial score (nSPS) is 15.8. The number of fused-ring (bicyclic) bond motifs is 1. The van der Waals surface area contributed by atoms with Crippen molar-refractivity contribution >= 4 is 30.9 Å². The monoisotopic (exact) mass is 447 g/mol. The van der Waals surface area contributed by atoms with Crippen molar-refractivity contribution in [3.05, 3.63) is 59.3 Å². The van der Waals surface area contributed by atoms with Gasteiger partial charge in [0.25, 0.3) is 0 Å². The summed E-state index contributed by atoms with van der Waals surface area (Å²) in [4.78, 5) is 3.46. The fourth-order valence-corrected chi connectivity index (χ4v) is 6.28. The van der Waals surface area contributed by atoms with Gasteiger partial charge in [0, 0.05) is 36.2 Å². The van der Waals surface area contributed by atoms with E-state index in [0.717, 1.165) is 40.6 Å². The Balaban J connectivity index is 1.50. The van der Waals surface area contributed by atoms with Gasteiger partial charge in [-0.25, -0.2) is 21.6 Å². The molecule has 1 saturated heterocycles. The van der Waals surface area contributed by atoms with Crippen molar-refractivity contribution in [2.75, 3.05) is 13.1 Å². The van der Waals surface area contributed by atoms with Gasteiger partial charge in [0.1, 0.15) is 0 Å². The van der Waals surface area contributed by atoms with Crippen LogP contribution in [0.25, 0.3) is 10.9 Å². The summed E-state index contributed by atoms with van der Waals surface area (Å²) in [5.74, 6) is 0. The first kappa shape index (κ1) is 21.0. The molecule has 0 unspecified atom stereocenters. The lowest BCUT2D eigenvalue weighted by Crippen LogP contribution is -2.28. The highest BCUT2D eigenvalue weighted by Crippen LogP contribution is 2.24. The number of benzene rings is 2. The zero-order valence-corrected chi connectivity index (χ0v) is 18.6. The molecule has 0 amide bonds. The van der Waals surface area contributed by atoms with Crippen molar-refractivity contribution in [1.29, 1.82) is 0 Å². The standard InChI is InChI=1S/C21H25N3O4S2/c1-15-16(2)23-21-10-5-17(13-20(15)21)14-22-29(25,26)18-6-8-19(9-7-18)30(27,28)24-11-3-4-12-24/h5-10,13,22-23H,3-4,11-12,14H2,1-2H3. The Morgan fingerprint density at radius 1 is 0.933 bits per heavy atom. The molecule has 0 radical (unpaired) electrons. The summed E-state index contributed by atoms with van der Waals surface area (Å²) < 4.78 is 54.6. The first-order valence-electron chi connectivity index (χ1n) is 9.86. The molecule has 3 aromatic rings. The maximum Gasteiger partial charge on any atom is 0.243 e. The molecule has 0 saturated carbocycles. The van der Waals surface area contributed by atoms with E-state index < -0.39 is 20.0 Å². The maximum atomic E-state index is 12.7. The van der Waals surface area contributed by atoms with E-state index in [9.17, 15) is 16.8 Å². The van der Waals surface area contributed by atoms with Gasteiger partial charge in [0.05, 0.1) is 9.79 Å². The Hall–Kier alpha value is -2.20. The van der Waals surface area contributed by atoms with E-state index >= 15 is 0 Å². The molecule has 1 aliphatic rings. The smallest absolute Gasteiger partial charge is 0.243 e. The van der Waals surface area contributed by atoms with Crippen LogP contribution >= 0.6 is 0 Å². The van der Waals surface area contributed by atoms with E-state index in [4.69, 9.17) is 0 Å². The Kier molecular flexibility index (Phi) is 5.48. The number of hydrogen-bond donors (Lipinski definition) is 2. The van der Waals surface area contributed by atoms with Gasteiger partial charge in [-0.3, -0.25) is 0 Å². The second-order valence-electron chi connectivity index (χ2n) is 7.66. The van der Waals surface area contributed by atoms with Crippen molar-refractivity contribution < 1.29 is 16.8 Å². The summed E-state index contributed by atoms with van der Waals surface area (Å²) in [6, 6.07) is 11.2. The molecule has 7 nitrogen and oxygen atoms in total. The molecule has 30 heavy (non-hydrogen) atoms. The van der Waals surface area contributed by atoms with Gasteiger partial charge >= 0.3 is 0 Å². The third kappa shape index (κ3) is 3.90. The summed E-state index contributed by atoms with van der Waals surface area (Å²) >= 11 is 0. The fraction of sp³-hybridized carbons (Fsp3) is 0.333. The molecule has 0 bridgehead atoms. The van der Waals surface area contributed by atoms with Gasteiger partial charge in [0.2, 0.25) is 20.0 Å². The number of nitrogens with zero attached hydrogens (tertiary/aromatic N) is 1. The van der Waals surface area contributed by atoms with Crippen LogP contribution in [0.2, 0.25) is 0 Å². The quantitative estimate of drug-likeness (QED) is 0.607. The van der Waals surface area contributed by atoms with Crippen molar-refractivity contribution in [2.24, 2.45) is 0 Å². The minimum Gasteiger partial charge on any atom is -0.358 e. The van der Waals surface area contributed by atoms with Crippen molar-refractivity contribution in [3.63, 3.8) is 0 Å². The van der Waals surface area contributed by atoms with Crippen LogP contribution in [0.3, 0.4) is 0 Å². The number of rotatable bonds is 6. The molecule has 0 spiro atoms. The molecule has 1 fully saturated rings. The third-order valence-electron chi connectivity index (χ3n) is 5.68. The van der Waals surface area contributed by atoms with E-state index in [1.54, 1.807) is 0 Å². The zero-order valence-electron chi connectivity index (χ0n) is 17.0. The minimum absolute atomic E-state index is 0.0395. The van der Waals surface area contributed by atoms with Crippen molar-refractivity contribution in [2.45, 2.75) is 43.0 Å². The largest absolute Gasteiger partial charge is 0.358 e. The highest BCUT2D eigenvalue weighted by molar-refractivity contribution is 7.89.